The number of hydrogen-bond acceptors (Lipinski definition) is 2. The fraction of sp³-hybridized carbons (Fsp3) is 0.444. The number of aryl methyl sites for hydroxylation is 1. The summed E-state index contributed by atoms with van der Waals surface area (Å²) in [5.74, 6) is 0. The Morgan fingerprint density at radius 2 is 2.13 bits per heavy atom. The lowest BCUT2D eigenvalue weighted by Gasteiger charge is -2.03. The van der Waals surface area contributed by atoms with Crippen LogP contribution in [0.1, 0.15) is 18.2 Å². The Balaban J connectivity index is 3.07. The van der Waals surface area contributed by atoms with E-state index in [1.807, 2.05) is 0 Å². The molecule has 1 unspecified atom stereocenters. The Labute approximate surface area is 85.4 Å². The minimum atomic E-state index is -4.43. The van der Waals surface area contributed by atoms with E-state index in [1.165, 1.54) is 25.4 Å². The van der Waals surface area contributed by atoms with Gasteiger partial charge < -0.3 is 5.73 Å². The predicted molar refractivity (Wildman–Crippen MR) is 50.9 cm³/mol. The highest BCUT2D eigenvalue weighted by Crippen LogP contribution is 2.31. The second-order valence-electron chi connectivity index (χ2n) is 3.32. The minimum Gasteiger partial charge on any atom is -0.325 e. The Bertz CT molecular complexity index is 363. The summed E-state index contributed by atoms with van der Waals surface area (Å²) >= 11 is 0. The quantitative estimate of drug-likeness (QED) is 0.824. The largest absolute Gasteiger partial charge is 0.435 e. The highest BCUT2D eigenvalue weighted by Gasteiger charge is 2.36. The molecule has 1 heterocycles. The molecule has 3 nitrogen and oxygen atoms in total. The maximum atomic E-state index is 12.4. The van der Waals surface area contributed by atoms with Crippen LogP contribution < -0.4 is 5.73 Å². The maximum absolute atomic E-state index is 12.4. The van der Waals surface area contributed by atoms with Crippen molar-refractivity contribution in [2.45, 2.75) is 19.1 Å². The van der Waals surface area contributed by atoms with Crippen LogP contribution in [-0.4, -0.2) is 15.8 Å². The zero-order valence-corrected chi connectivity index (χ0v) is 8.42. The summed E-state index contributed by atoms with van der Waals surface area (Å²) in [6.45, 7) is 1.68. The molecule has 1 rings (SSSR count). The molecule has 0 aliphatic rings. The third-order valence-corrected chi connectivity index (χ3v) is 1.70. The summed E-state index contributed by atoms with van der Waals surface area (Å²) < 4.78 is 38.5. The standard InChI is InChI=1S/C9H12F3N3/c1-6(13)3-4-7-5-15(2)14-8(7)9(10,11)12/h3-6H,13H2,1-2H3/b4-3+. The number of nitrogens with two attached hydrogens (primary N) is 1. The van der Waals surface area contributed by atoms with Crippen molar-refractivity contribution in [1.29, 1.82) is 0 Å². The van der Waals surface area contributed by atoms with Crippen LogP contribution in [0.5, 0.6) is 0 Å². The topological polar surface area (TPSA) is 43.8 Å². The molecule has 0 saturated heterocycles. The van der Waals surface area contributed by atoms with E-state index in [9.17, 15) is 13.2 Å². The van der Waals surface area contributed by atoms with Crippen molar-refractivity contribution in [3.8, 4) is 0 Å². The van der Waals surface area contributed by atoms with Gasteiger partial charge in [-0.3, -0.25) is 4.68 Å². The number of aromatic nitrogens is 2. The molecule has 6 heteroatoms. The van der Waals surface area contributed by atoms with Gasteiger partial charge in [-0.15, -0.1) is 0 Å². The molecule has 0 fully saturated rings. The van der Waals surface area contributed by atoms with Crippen LogP contribution in [0, 0.1) is 0 Å². The first-order valence-corrected chi connectivity index (χ1v) is 4.35. The smallest absolute Gasteiger partial charge is 0.325 e. The molecular formula is C9H12F3N3. The van der Waals surface area contributed by atoms with Gasteiger partial charge in [0.1, 0.15) is 0 Å². The zero-order valence-electron chi connectivity index (χ0n) is 8.42. The molecule has 15 heavy (non-hydrogen) atoms. The van der Waals surface area contributed by atoms with E-state index in [4.69, 9.17) is 5.73 Å². The first-order chi connectivity index (χ1) is 6.80. The fourth-order valence-corrected chi connectivity index (χ4v) is 1.10. The lowest BCUT2D eigenvalue weighted by atomic mass is 10.2. The summed E-state index contributed by atoms with van der Waals surface area (Å²) in [5, 5.41) is 3.36. The SMILES string of the molecule is CC(N)/C=C/c1cn(C)nc1C(F)(F)F. The molecule has 0 aliphatic heterocycles. The van der Waals surface area contributed by atoms with E-state index in [0.717, 1.165) is 4.68 Å². The number of hydrogen-bond donors (Lipinski definition) is 1. The van der Waals surface area contributed by atoms with Crippen LogP contribution in [0.4, 0.5) is 13.2 Å². The van der Waals surface area contributed by atoms with Crippen LogP contribution in [0.3, 0.4) is 0 Å². The van der Waals surface area contributed by atoms with Crippen molar-refractivity contribution in [1.82, 2.24) is 9.78 Å². The van der Waals surface area contributed by atoms with Crippen molar-refractivity contribution in [2.24, 2.45) is 12.8 Å². The van der Waals surface area contributed by atoms with E-state index in [1.54, 1.807) is 6.92 Å². The fourth-order valence-electron chi connectivity index (χ4n) is 1.10. The van der Waals surface area contributed by atoms with Gasteiger partial charge in [0.2, 0.25) is 0 Å². The number of nitrogens with zero attached hydrogens (tertiary/aromatic N) is 2. The van der Waals surface area contributed by atoms with Crippen LogP contribution in [0.15, 0.2) is 12.3 Å². The second-order valence-corrected chi connectivity index (χ2v) is 3.32. The van der Waals surface area contributed by atoms with Gasteiger partial charge in [-0.2, -0.15) is 18.3 Å². The van der Waals surface area contributed by atoms with Crippen molar-refractivity contribution >= 4 is 6.08 Å². The molecule has 0 aliphatic carbocycles. The van der Waals surface area contributed by atoms with Crippen LogP contribution >= 0.6 is 0 Å². The lowest BCUT2D eigenvalue weighted by molar-refractivity contribution is -0.141. The Kier molecular flexibility index (Phi) is 3.18. The minimum absolute atomic E-state index is 0.0299. The van der Waals surface area contributed by atoms with Crippen molar-refractivity contribution in [3.63, 3.8) is 0 Å². The molecular weight excluding hydrogens is 207 g/mol. The highest BCUT2D eigenvalue weighted by atomic mass is 19.4. The van der Waals surface area contributed by atoms with Crippen molar-refractivity contribution in [2.75, 3.05) is 0 Å². The van der Waals surface area contributed by atoms with E-state index < -0.39 is 11.9 Å². The summed E-state index contributed by atoms with van der Waals surface area (Å²) in [6, 6.07) is -0.286. The van der Waals surface area contributed by atoms with E-state index in [-0.39, 0.29) is 11.6 Å². The molecule has 2 N–H and O–H groups in total. The predicted octanol–water partition coefficient (Wildman–Crippen LogP) is 1.80. The number of rotatable bonds is 2. The van der Waals surface area contributed by atoms with Gasteiger partial charge in [-0.05, 0) is 6.92 Å². The van der Waals surface area contributed by atoms with Gasteiger partial charge in [0.05, 0.1) is 0 Å². The first kappa shape index (κ1) is 11.8. The maximum Gasteiger partial charge on any atom is 0.435 e. The molecule has 0 spiro atoms. The van der Waals surface area contributed by atoms with Gasteiger partial charge in [0.15, 0.2) is 5.69 Å². The highest BCUT2D eigenvalue weighted by molar-refractivity contribution is 5.52. The van der Waals surface area contributed by atoms with E-state index >= 15 is 0 Å². The summed E-state index contributed by atoms with van der Waals surface area (Å²) in [6.07, 6.45) is -0.298. The zero-order chi connectivity index (χ0) is 11.6. The third-order valence-electron chi connectivity index (χ3n) is 1.70. The first-order valence-electron chi connectivity index (χ1n) is 4.35. The van der Waals surface area contributed by atoms with Gasteiger partial charge in [-0.1, -0.05) is 12.2 Å². The van der Waals surface area contributed by atoms with Crippen LogP contribution in [0.2, 0.25) is 0 Å². The average molecular weight is 219 g/mol. The summed E-state index contributed by atoms with van der Waals surface area (Å²) in [4.78, 5) is 0. The molecule has 0 bridgehead atoms. The normalized spacial score (nSPS) is 14.8. The number of halogens is 3. The van der Waals surface area contributed by atoms with E-state index in [0.29, 0.717) is 0 Å². The van der Waals surface area contributed by atoms with E-state index in [2.05, 4.69) is 5.10 Å². The summed E-state index contributed by atoms with van der Waals surface area (Å²) in [5.41, 5.74) is 4.55. The summed E-state index contributed by atoms with van der Waals surface area (Å²) in [7, 11) is 1.44. The molecule has 0 saturated carbocycles. The number of alkyl halides is 3. The Morgan fingerprint density at radius 1 is 1.53 bits per heavy atom. The van der Waals surface area contributed by atoms with Gasteiger partial charge >= 0.3 is 6.18 Å². The molecule has 0 amide bonds. The van der Waals surface area contributed by atoms with Crippen molar-refractivity contribution < 1.29 is 13.2 Å². The average Bonchev–Trinajstić information content (AvgIpc) is 2.42. The molecule has 0 radical (unpaired) electrons. The molecule has 0 aromatic carbocycles. The molecule has 84 valence electrons. The van der Waals surface area contributed by atoms with Gasteiger partial charge in [0, 0.05) is 24.8 Å². The Hall–Kier alpha value is -1.30. The molecule has 1 aromatic heterocycles. The van der Waals surface area contributed by atoms with Gasteiger partial charge in [0.25, 0.3) is 0 Å². The van der Waals surface area contributed by atoms with Crippen LogP contribution in [-0.2, 0) is 13.2 Å². The van der Waals surface area contributed by atoms with Crippen LogP contribution in [0.25, 0.3) is 6.08 Å². The second kappa shape index (κ2) is 4.06. The Morgan fingerprint density at radius 3 is 2.60 bits per heavy atom. The molecule has 1 atom stereocenters. The molecule has 1 aromatic rings. The third kappa shape index (κ3) is 3.09. The monoisotopic (exact) mass is 219 g/mol. The van der Waals surface area contributed by atoms with Crippen molar-refractivity contribution in [3.05, 3.63) is 23.5 Å². The lowest BCUT2D eigenvalue weighted by Crippen LogP contribution is -2.11. The van der Waals surface area contributed by atoms with Gasteiger partial charge in [-0.25, -0.2) is 0 Å².